The number of hydrogen-bond acceptors (Lipinski definition) is 4. The first-order valence-electron chi connectivity index (χ1n) is 6.01. The van der Waals surface area contributed by atoms with E-state index < -0.39 is 33.1 Å². The summed E-state index contributed by atoms with van der Waals surface area (Å²) in [5.41, 5.74) is -1.83. The lowest BCUT2D eigenvalue weighted by Crippen LogP contribution is -2.55. The molecule has 0 aromatic heterocycles. The molecule has 1 fully saturated rings. The highest BCUT2D eigenvalue weighted by molar-refractivity contribution is 7.88. The molecule has 6 nitrogen and oxygen atoms in total. The van der Waals surface area contributed by atoms with Crippen LogP contribution in [-0.4, -0.2) is 38.2 Å². The Morgan fingerprint density at radius 1 is 1.52 bits per heavy atom. The van der Waals surface area contributed by atoms with Gasteiger partial charge in [0.05, 0.1) is 12.4 Å². The van der Waals surface area contributed by atoms with Crippen LogP contribution in [0.2, 0.25) is 5.02 Å². The van der Waals surface area contributed by atoms with E-state index in [0.717, 1.165) is 6.07 Å². The van der Waals surface area contributed by atoms with E-state index in [1.807, 2.05) is 0 Å². The zero-order chi connectivity index (χ0) is 15.7. The van der Waals surface area contributed by atoms with Crippen LogP contribution in [0.25, 0.3) is 0 Å². The third kappa shape index (κ3) is 3.70. The van der Waals surface area contributed by atoms with Gasteiger partial charge in [0.1, 0.15) is 5.82 Å². The van der Waals surface area contributed by atoms with E-state index in [2.05, 4.69) is 4.72 Å². The van der Waals surface area contributed by atoms with Crippen LogP contribution >= 0.6 is 11.6 Å². The lowest BCUT2D eigenvalue weighted by molar-refractivity contribution is -0.144. The lowest BCUT2D eigenvalue weighted by atomic mass is 10.0. The second-order valence-electron chi connectivity index (χ2n) is 4.79. The number of hydrogen-bond donors (Lipinski definition) is 2. The Hall–Kier alpha value is -1.22. The van der Waals surface area contributed by atoms with Crippen molar-refractivity contribution in [2.45, 2.75) is 17.7 Å². The monoisotopic (exact) mass is 337 g/mol. The molecular weight excluding hydrogens is 325 g/mol. The van der Waals surface area contributed by atoms with Crippen LogP contribution in [0.5, 0.6) is 0 Å². The van der Waals surface area contributed by atoms with Gasteiger partial charge < -0.3 is 9.84 Å². The summed E-state index contributed by atoms with van der Waals surface area (Å²) in [5, 5.41) is 9.38. The molecule has 21 heavy (non-hydrogen) atoms. The number of ether oxygens (including phenoxy) is 1. The van der Waals surface area contributed by atoms with Crippen molar-refractivity contribution in [1.29, 1.82) is 0 Å². The predicted octanol–water partition coefficient (Wildman–Crippen LogP) is 1.14. The smallest absolute Gasteiger partial charge is 0.327 e. The van der Waals surface area contributed by atoms with Crippen LogP contribution in [-0.2, 0) is 25.3 Å². The molecule has 0 spiro atoms. The van der Waals surface area contributed by atoms with Crippen LogP contribution in [0.4, 0.5) is 4.39 Å². The van der Waals surface area contributed by atoms with Gasteiger partial charge in [0.2, 0.25) is 10.0 Å². The van der Waals surface area contributed by atoms with Crippen molar-refractivity contribution in [2.75, 3.05) is 13.2 Å². The minimum Gasteiger partial charge on any atom is -0.480 e. The molecule has 1 aliphatic rings. The number of carboxylic acid groups (broad SMARTS) is 1. The molecule has 0 radical (unpaired) electrons. The molecule has 1 unspecified atom stereocenters. The number of carboxylic acids is 1. The van der Waals surface area contributed by atoms with Crippen molar-refractivity contribution in [3.05, 3.63) is 34.6 Å². The van der Waals surface area contributed by atoms with Crippen LogP contribution < -0.4 is 4.72 Å². The van der Waals surface area contributed by atoms with Gasteiger partial charge >= 0.3 is 5.97 Å². The fourth-order valence-corrected chi connectivity index (χ4v) is 3.79. The van der Waals surface area contributed by atoms with E-state index in [1.54, 1.807) is 0 Å². The van der Waals surface area contributed by atoms with Crippen molar-refractivity contribution in [3.8, 4) is 0 Å². The van der Waals surface area contributed by atoms with Gasteiger partial charge in [-0.1, -0.05) is 11.6 Å². The maximum atomic E-state index is 13.6. The topological polar surface area (TPSA) is 92.7 Å². The first kappa shape index (κ1) is 16.2. The molecule has 0 bridgehead atoms. The molecule has 1 atom stereocenters. The largest absolute Gasteiger partial charge is 0.480 e. The van der Waals surface area contributed by atoms with Crippen LogP contribution in [0, 0.1) is 5.82 Å². The SMILES string of the molecule is O=C(O)C1(NS(=O)(=O)Cc2cc(Cl)ccc2F)CCOC1. The van der Waals surface area contributed by atoms with Crippen LogP contribution in [0.15, 0.2) is 18.2 Å². The van der Waals surface area contributed by atoms with Gasteiger partial charge in [0.15, 0.2) is 5.54 Å². The number of aliphatic carboxylic acids is 1. The Bertz CT molecular complexity index is 658. The number of rotatable bonds is 5. The van der Waals surface area contributed by atoms with Gasteiger partial charge in [-0.25, -0.2) is 12.8 Å². The van der Waals surface area contributed by atoms with E-state index in [1.165, 1.54) is 12.1 Å². The average molecular weight is 338 g/mol. The fraction of sp³-hybridized carbons (Fsp3) is 0.417. The minimum atomic E-state index is -4.07. The lowest BCUT2D eigenvalue weighted by Gasteiger charge is -2.23. The van der Waals surface area contributed by atoms with Crippen molar-refractivity contribution in [1.82, 2.24) is 4.72 Å². The Morgan fingerprint density at radius 2 is 2.24 bits per heavy atom. The Labute approximate surface area is 125 Å². The minimum absolute atomic E-state index is 0.0135. The molecule has 1 heterocycles. The quantitative estimate of drug-likeness (QED) is 0.840. The first-order chi connectivity index (χ1) is 9.74. The number of carbonyl (C=O) groups is 1. The van der Waals surface area contributed by atoms with Gasteiger partial charge in [0.25, 0.3) is 0 Å². The predicted molar refractivity (Wildman–Crippen MR) is 73.0 cm³/mol. The average Bonchev–Trinajstić information content (AvgIpc) is 2.82. The molecule has 2 N–H and O–H groups in total. The zero-order valence-electron chi connectivity index (χ0n) is 10.8. The third-order valence-electron chi connectivity index (χ3n) is 3.14. The standard InChI is InChI=1S/C12H13ClFNO5S/c13-9-1-2-10(14)8(5-9)6-21(18,19)15-12(11(16)17)3-4-20-7-12/h1-2,5,15H,3-4,6-7H2,(H,16,17). The van der Waals surface area contributed by atoms with E-state index in [0.29, 0.717) is 0 Å². The van der Waals surface area contributed by atoms with Gasteiger partial charge in [-0.2, -0.15) is 4.72 Å². The highest BCUT2D eigenvalue weighted by atomic mass is 35.5. The van der Waals surface area contributed by atoms with Crippen molar-refractivity contribution in [2.24, 2.45) is 0 Å². The summed E-state index contributed by atoms with van der Waals surface area (Å²) in [7, 11) is -4.07. The molecule has 9 heteroatoms. The number of nitrogens with one attached hydrogen (secondary N) is 1. The fourth-order valence-electron chi connectivity index (χ4n) is 2.05. The zero-order valence-corrected chi connectivity index (χ0v) is 12.4. The number of halogens is 2. The second kappa shape index (κ2) is 5.88. The Balaban J connectivity index is 2.22. The molecule has 2 rings (SSSR count). The second-order valence-corrected chi connectivity index (χ2v) is 6.95. The first-order valence-corrected chi connectivity index (χ1v) is 8.04. The number of sulfonamides is 1. The van der Waals surface area contributed by atoms with Crippen molar-refractivity contribution < 1.29 is 27.4 Å². The normalized spacial score (nSPS) is 22.4. The molecule has 1 aromatic carbocycles. The Morgan fingerprint density at radius 3 is 2.81 bits per heavy atom. The molecule has 1 saturated heterocycles. The molecule has 1 aliphatic heterocycles. The number of benzene rings is 1. The van der Waals surface area contributed by atoms with Crippen molar-refractivity contribution >= 4 is 27.6 Å². The molecular formula is C12H13ClFNO5S. The van der Waals surface area contributed by atoms with Crippen molar-refractivity contribution in [3.63, 3.8) is 0 Å². The van der Waals surface area contributed by atoms with Crippen LogP contribution in [0.3, 0.4) is 0 Å². The third-order valence-corrected chi connectivity index (χ3v) is 4.76. The molecule has 0 amide bonds. The van der Waals surface area contributed by atoms with E-state index in [-0.39, 0.29) is 30.2 Å². The van der Waals surface area contributed by atoms with E-state index >= 15 is 0 Å². The summed E-state index contributed by atoms with van der Waals surface area (Å²) in [5.74, 6) is -2.75. The maximum Gasteiger partial charge on any atom is 0.327 e. The molecule has 0 aliphatic carbocycles. The summed E-state index contributed by atoms with van der Waals surface area (Å²) in [6.45, 7) is -0.125. The summed E-state index contributed by atoms with van der Waals surface area (Å²) < 4.78 is 44.8. The summed E-state index contributed by atoms with van der Waals surface area (Å²) in [6, 6.07) is 3.54. The summed E-state index contributed by atoms with van der Waals surface area (Å²) in [4.78, 5) is 11.3. The summed E-state index contributed by atoms with van der Waals surface area (Å²) >= 11 is 5.70. The molecule has 1 aromatic rings. The molecule has 116 valence electrons. The van der Waals surface area contributed by atoms with Crippen LogP contribution in [0.1, 0.15) is 12.0 Å². The van der Waals surface area contributed by atoms with Gasteiger partial charge in [-0.05, 0) is 18.2 Å². The van der Waals surface area contributed by atoms with Gasteiger partial charge in [-0.3, -0.25) is 4.79 Å². The van der Waals surface area contributed by atoms with Gasteiger partial charge in [0, 0.05) is 23.6 Å². The highest BCUT2D eigenvalue weighted by Crippen LogP contribution is 2.22. The summed E-state index contributed by atoms with van der Waals surface area (Å²) in [6.07, 6.45) is 0.0135. The highest BCUT2D eigenvalue weighted by Gasteiger charge is 2.45. The van der Waals surface area contributed by atoms with Gasteiger partial charge in [-0.15, -0.1) is 0 Å². The molecule has 0 saturated carbocycles. The Kier molecular flexibility index (Phi) is 4.52. The van der Waals surface area contributed by atoms with E-state index in [9.17, 15) is 22.7 Å². The van der Waals surface area contributed by atoms with E-state index in [4.69, 9.17) is 16.3 Å². The maximum absolute atomic E-state index is 13.6.